The summed E-state index contributed by atoms with van der Waals surface area (Å²) in [5.41, 5.74) is 1.43. The van der Waals surface area contributed by atoms with Gasteiger partial charge in [-0.15, -0.1) is 0 Å². The molecule has 194 valence electrons. The normalized spacial score (nSPS) is 14.3. The van der Waals surface area contributed by atoms with Crippen molar-refractivity contribution in [3.8, 4) is 5.75 Å². The number of nitrogens with zero attached hydrogens (tertiary/aromatic N) is 2. The van der Waals surface area contributed by atoms with E-state index in [0.29, 0.717) is 43.3 Å². The van der Waals surface area contributed by atoms with Gasteiger partial charge in [0.15, 0.2) is 0 Å². The van der Waals surface area contributed by atoms with Crippen LogP contribution in [0, 0.1) is 0 Å². The molecule has 1 saturated heterocycles. The third-order valence-corrected chi connectivity index (χ3v) is 6.00. The van der Waals surface area contributed by atoms with Crippen LogP contribution in [-0.2, 0) is 17.6 Å². The predicted molar refractivity (Wildman–Crippen MR) is 133 cm³/mol. The molecule has 0 saturated carbocycles. The van der Waals surface area contributed by atoms with E-state index in [4.69, 9.17) is 9.84 Å². The van der Waals surface area contributed by atoms with Gasteiger partial charge in [0.1, 0.15) is 12.4 Å². The molecule has 7 nitrogen and oxygen atoms in total. The Kier molecular flexibility index (Phi) is 7.98. The molecular weight excluding hydrogens is 487 g/mol. The molecule has 0 aromatic heterocycles. The number of halogens is 3. The van der Waals surface area contributed by atoms with Crippen molar-refractivity contribution in [1.29, 1.82) is 0 Å². The minimum atomic E-state index is -4.38. The van der Waals surface area contributed by atoms with Gasteiger partial charge in [0.05, 0.1) is 17.7 Å². The van der Waals surface area contributed by atoms with Gasteiger partial charge in [-0.3, -0.25) is 9.69 Å². The number of piperazine rings is 1. The molecule has 1 fully saturated rings. The fourth-order valence-corrected chi connectivity index (χ4v) is 4.02. The number of carbonyl (C=O) groups excluding carboxylic acids is 1. The maximum Gasteiger partial charge on any atom is 0.416 e. The minimum Gasteiger partial charge on any atom is -0.489 e. The number of nitrogens with one attached hydrogen (secondary N) is 1. The van der Waals surface area contributed by atoms with Crippen molar-refractivity contribution in [3.63, 3.8) is 0 Å². The standard InChI is InChI=1S/C27H26F3N3O4/c28-27(29,30)21-3-1-5-23(15-21)33-13-11-32(12-14-33)17-25(34)31-22-4-2-6-24(16-22)37-18-19-7-9-20(10-8-19)26(35)36/h1-10,15-16H,11-14,17-18H2,(H,31,34)(H,35,36). The monoisotopic (exact) mass is 513 g/mol. The molecule has 0 spiro atoms. The van der Waals surface area contributed by atoms with E-state index in [0.717, 1.165) is 17.7 Å². The van der Waals surface area contributed by atoms with Crippen LogP contribution in [0.25, 0.3) is 0 Å². The first-order chi connectivity index (χ1) is 17.7. The van der Waals surface area contributed by atoms with Crippen LogP contribution in [-0.4, -0.2) is 54.6 Å². The average molecular weight is 514 g/mol. The second kappa shape index (κ2) is 11.3. The molecule has 1 heterocycles. The van der Waals surface area contributed by atoms with Gasteiger partial charge in [0.2, 0.25) is 5.91 Å². The lowest BCUT2D eigenvalue weighted by atomic mass is 10.1. The molecule has 10 heteroatoms. The van der Waals surface area contributed by atoms with E-state index < -0.39 is 17.7 Å². The summed E-state index contributed by atoms with van der Waals surface area (Å²) in [5, 5.41) is 11.8. The number of benzene rings is 3. The largest absolute Gasteiger partial charge is 0.489 e. The quantitative estimate of drug-likeness (QED) is 0.453. The van der Waals surface area contributed by atoms with Gasteiger partial charge in [-0.05, 0) is 48.0 Å². The summed E-state index contributed by atoms with van der Waals surface area (Å²) in [6.45, 7) is 2.54. The van der Waals surface area contributed by atoms with Crippen molar-refractivity contribution in [1.82, 2.24) is 4.90 Å². The Morgan fingerprint density at radius 2 is 1.62 bits per heavy atom. The zero-order valence-electron chi connectivity index (χ0n) is 19.9. The van der Waals surface area contributed by atoms with Crippen molar-refractivity contribution in [3.05, 3.63) is 89.5 Å². The summed E-state index contributed by atoms with van der Waals surface area (Å²) < 4.78 is 44.8. The number of carbonyl (C=O) groups is 2. The van der Waals surface area contributed by atoms with Crippen LogP contribution >= 0.6 is 0 Å². The van der Waals surface area contributed by atoms with E-state index in [2.05, 4.69) is 5.32 Å². The molecule has 37 heavy (non-hydrogen) atoms. The third kappa shape index (κ3) is 7.23. The molecule has 0 radical (unpaired) electrons. The fourth-order valence-electron chi connectivity index (χ4n) is 4.02. The lowest BCUT2D eigenvalue weighted by Gasteiger charge is -2.36. The Labute approximate surface area is 212 Å². The number of anilines is 2. The van der Waals surface area contributed by atoms with Gasteiger partial charge < -0.3 is 20.1 Å². The smallest absolute Gasteiger partial charge is 0.416 e. The van der Waals surface area contributed by atoms with E-state index in [1.54, 1.807) is 42.5 Å². The van der Waals surface area contributed by atoms with Crippen molar-refractivity contribution >= 4 is 23.3 Å². The molecule has 1 aliphatic heterocycles. The first-order valence-electron chi connectivity index (χ1n) is 11.7. The maximum atomic E-state index is 13.0. The third-order valence-electron chi connectivity index (χ3n) is 6.00. The van der Waals surface area contributed by atoms with Crippen LogP contribution in [0.4, 0.5) is 24.5 Å². The summed E-state index contributed by atoms with van der Waals surface area (Å²) in [6, 6.07) is 18.6. The molecule has 3 aromatic carbocycles. The Hall–Kier alpha value is -4.05. The Bertz CT molecular complexity index is 1240. The molecule has 4 rings (SSSR count). The highest BCUT2D eigenvalue weighted by atomic mass is 19.4. The number of hydrogen-bond acceptors (Lipinski definition) is 5. The topological polar surface area (TPSA) is 82.1 Å². The van der Waals surface area contributed by atoms with Gasteiger partial charge in [-0.2, -0.15) is 13.2 Å². The summed E-state index contributed by atoms with van der Waals surface area (Å²) in [4.78, 5) is 27.4. The van der Waals surface area contributed by atoms with Crippen LogP contribution in [0.5, 0.6) is 5.75 Å². The van der Waals surface area contributed by atoms with Crippen LogP contribution in [0.15, 0.2) is 72.8 Å². The van der Waals surface area contributed by atoms with Gasteiger partial charge in [-0.1, -0.05) is 24.3 Å². The van der Waals surface area contributed by atoms with Crippen molar-refractivity contribution in [2.24, 2.45) is 0 Å². The number of ether oxygens (including phenoxy) is 1. The molecule has 0 unspecified atom stereocenters. The van der Waals surface area contributed by atoms with Crippen molar-refractivity contribution in [2.75, 3.05) is 42.9 Å². The van der Waals surface area contributed by atoms with Crippen LogP contribution < -0.4 is 15.0 Å². The SMILES string of the molecule is O=C(CN1CCN(c2cccc(C(F)(F)F)c2)CC1)Nc1cccc(OCc2ccc(C(=O)O)cc2)c1. The molecule has 1 amide bonds. The predicted octanol–water partition coefficient (Wildman–Crippen LogP) is 4.74. The van der Waals surface area contributed by atoms with Gasteiger partial charge in [-0.25, -0.2) is 4.79 Å². The van der Waals surface area contributed by atoms with E-state index in [9.17, 15) is 22.8 Å². The summed E-state index contributed by atoms with van der Waals surface area (Å²) in [7, 11) is 0. The number of amides is 1. The number of alkyl halides is 3. The number of aromatic carboxylic acids is 1. The molecule has 0 atom stereocenters. The lowest BCUT2D eigenvalue weighted by molar-refractivity contribution is -0.137. The van der Waals surface area contributed by atoms with Gasteiger partial charge >= 0.3 is 12.1 Å². The van der Waals surface area contributed by atoms with E-state index in [1.807, 2.05) is 9.80 Å². The minimum absolute atomic E-state index is 0.164. The van der Waals surface area contributed by atoms with Crippen LogP contribution in [0.2, 0.25) is 0 Å². The second-order valence-corrected chi connectivity index (χ2v) is 8.68. The molecule has 0 bridgehead atoms. The first-order valence-corrected chi connectivity index (χ1v) is 11.7. The number of rotatable bonds is 8. The van der Waals surface area contributed by atoms with Crippen LogP contribution in [0.1, 0.15) is 21.5 Å². The lowest BCUT2D eigenvalue weighted by Crippen LogP contribution is -2.48. The Balaban J connectivity index is 1.25. The molecule has 1 aliphatic rings. The van der Waals surface area contributed by atoms with E-state index in [-0.39, 0.29) is 24.6 Å². The first kappa shape index (κ1) is 26.0. The zero-order valence-corrected chi connectivity index (χ0v) is 19.9. The van der Waals surface area contributed by atoms with Crippen molar-refractivity contribution < 1.29 is 32.6 Å². The highest BCUT2D eigenvalue weighted by Crippen LogP contribution is 2.32. The Morgan fingerprint density at radius 1 is 0.919 bits per heavy atom. The molecule has 0 aliphatic carbocycles. The summed E-state index contributed by atoms with van der Waals surface area (Å²) in [5.74, 6) is -0.641. The highest BCUT2D eigenvalue weighted by molar-refractivity contribution is 5.92. The van der Waals surface area contributed by atoms with Gasteiger partial charge in [0, 0.05) is 43.6 Å². The maximum absolute atomic E-state index is 13.0. The fraction of sp³-hybridized carbons (Fsp3) is 0.259. The number of carboxylic acid groups (broad SMARTS) is 1. The van der Waals surface area contributed by atoms with E-state index in [1.165, 1.54) is 18.2 Å². The summed E-state index contributed by atoms with van der Waals surface area (Å²) in [6.07, 6.45) is -4.38. The van der Waals surface area contributed by atoms with Crippen molar-refractivity contribution in [2.45, 2.75) is 12.8 Å². The highest BCUT2D eigenvalue weighted by Gasteiger charge is 2.31. The van der Waals surface area contributed by atoms with E-state index >= 15 is 0 Å². The number of carboxylic acids is 1. The average Bonchev–Trinajstić information content (AvgIpc) is 2.88. The summed E-state index contributed by atoms with van der Waals surface area (Å²) >= 11 is 0. The second-order valence-electron chi connectivity index (χ2n) is 8.68. The van der Waals surface area contributed by atoms with Crippen LogP contribution in [0.3, 0.4) is 0 Å². The van der Waals surface area contributed by atoms with Gasteiger partial charge in [0.25, 0.3) is 0 Å². The number of hydrogen-bond donors (Lipinski definition) is 2. The molecule has 2 N–H and O–H groups in total. The molecular formula is C27H26F3N3O4. The zero-order chi connectivity index (χ0) is 26.4. The molecule has 3 aromatic rings. The Morgan fingerprint density at radius 3 is 2.30 bits per heavy atom.